The maximum Gasteiger partial charge on any atom is 0.0935 e. The van der Waals surface area contributed by atoms with Crippen LogP contribution >= 0.6 is 0 Å². The van der Waals surface area contributed by atoms with Crippen molar-refractivity contribution in [2.75, 3.05) is 32.8 Å². The molecule has 4 nitrogen and oxygen atoms in total. The van der Waals surface area contributed by atoms with Gasteiger partial charge in [0.25, 0.3) is 0 Å². The molecule has 2 aromatic rings. The second-order valence-corrected chi connectivity index (χ2v) is 7.50. The van der Waals surface area contributed by atoms with E-state index >= 15 is 0 Å². The molecular weight excluding hydrogens is 312 g/mol. The first-order chi connectivity index (χ1) is 12.2. The van der Waals surface area contributed by atoms with Crippen LogP contribution in [0, 0.1) is 0 Å². The normalized spacial score (nSPS) is 26.6. The summed E-state index contributed by atoms with van der Waals surface area (Å²) in [5.41, 5.74) is 1.67. The predicted octanol–water partition coefficient (Wildman–Crippen LogP) is 2.72. The van der Waals surface area contributed by atoms with Crippen molar-refractivity contribution in [1.29, 1.82) is 0 Å². The van der Waals surface area contributed by atoms with Gasteiger partial charge in [-0.3, -0.25) is 4.98 Å². The van der Waals surface area contributed by atoms with Gasteiger partial charge in [0, 0.05) is 49.6 Å². The highest BCUT2D eigenvalue weighted by atomic mass is 16.5. The van der Waals surface area contributed by atoms with Gasteiger partial charge in [-0.05, 0) is 30.9 Å². The second-order valence-electron chi connectivity index (χ2n) is 7.50. The number of pyridine rings is 1. The molecule has 1 aromatic heterocycles. The number of hydrogen-bond donors (Lipinski definition) is 1. The number of rotatable bonds is 4. The van der Waals surface area contributed by atoms with Crippen LogP contribution in [0.15, 0.2) is 54.9 Å². The summed E-state index contributed by atoms with van der Waals surface area (Å²) in [5, 5.41) is 11.0. The number of likely N-dealkylation sites (tertiary alicyclic amines) is 1. The van der Waals surface area contributed by atoms with E-state index in [-0.39, 0.29) is 5.41 Å². The quantitative estimate of drug-likeness (QED) is 0.931. The zero-order chi connectivity index (χ0) is 17.2. The molecule has 0 saturated carbocycles. The molecule has 0 unspecified atom stereocenters. The topological polar surface area (TPSA) is 45.6 Å². The molecule has 2 fully saturated rings. The lowest BCUT2D eigenvalue weighted by molar-refractivity contribution is -0.0309. The minimum atomic E-state index is -0.739. The van der Waals surface area contributed by atoms with E-state index < -0.39 is 5.60 Å². The fraction of sp³-hybridized carbons (Fsp3) is 0.476. The molecule has 1 aromatic carbocycles. The summed E-state index contributed by atoms with van der Waals surface area (Å²) in [6.07, 6.45) is 6.13. The van der Waals surface area contributed by atoms with E-state index in [1.807, 2.05) is 12.1 Å². The molecule has 0 amide bonds. The average molecular weight is 338 g/mol. The van der Waals surface area contributed by atoms with Gasteiger partial charge in [0.05, 0.1) is 12.2 Å². The molecule has 1 atom stereocenters. The summed E-state index contributed by atoms with van der Waals surface area (Å²) >= 11 is 0. The fourth-order valence-corrected chi connectivity index (χ4v) is 4.28. The minimum Gasteiger partial charge on any atom is -0.385 e. The largest absolute Gasteiger partial charge is 0.385 e. The Hall–Kier alpha value is -1.75. The van der Waals surface area contributed by atoms with E-state index in [1.54, 1.807) is 12.4 Å². The molecule has 3 heterocycles. The van der Waals surface area contributed by atoms with Crippen LogP contribution < -0.4 is 0 Å². The third-order valence-electron chi connectivity index (χ3n) is 5.90. The first kappa shape index (κ1) is 16.7. The highest BCUT2D eigenvalue weighted by molar-refractivity contribution is 5.27. The molecule has 2 aliphatic heterocycles. The zero-order valence-electron chi connectivity index (χ0n) is 14.6. The Morgan fingerprint density at radius 2 is 1.76 bits per heavy atom. The van der Waals surface area contributed by atoms with Crippen LogP contribution in [-0.4, -0.2) is 47.8 Å². The van der Waals surface area contributed by atoms with Gasteiger partial charge in [-0.25, -0.2) is 0 Å². The van der Waals surface area contributed by atoms with Gasteiger partial charge >= 0.3 is 0 Å². The molecule has 2 aliphatic rings. The van der Waals surface area contributed by atoms with Gasteiger partial charge in [0.1, 0.15) is 0 Å². The van der Waals surface area contributed by atoms with Crippen molar-refractivity contribution in [1.82, 2.24) is 9.88 Å². The second kappa shape index (κ2) is 6.87. The van der Waals surface area contributed by atoms with E-state index in [1.165, 1.54) is 5.56 Å². The first-order valence-electron chi connectivity index (χ1n) is 9.19. The number of hydrogen-bond acceptors (Lipinski definition) is 4. The lowest BCUT2D eigenvalue weighted by Crippen LogP contribution is -2.48. The van der Waals surface area contributed by atoms with E-state index in [2.05, 4.69) is 40.2 Å². The summed E-state index contributed by atoms with van der Waals surface area (Å²) in [5.74, 6) is 0. The number of benzene rings is 1. The Morgan fingerprint density at radius 1 is 1.00 bits per heavy atom. The van der Waals surface area contributed by atoms with Crippen molar-refractivity contribution in [2.24, 2.45) is 0 Å². The van der Waals surface area contributed by atoms with Gasteiger partial charge in [-0.15, -0.1) is 0 Å². The Kier molecular flexibility index (Phi) is 4.59. The number of aliphatic hydroxyl groups is 1. The van der Waals surface area contributed by atoms with Crippen molar-refractivity contribution < 1.29 is 9.84 Å². The molecule has 0 radical (unpaired) electrons. The maximum absolute atomic E-state index is 11.0. The van der Waals surface area contributed by atoms with Crippen LogP contribution in [0.2, 0.25) is 0 Å². The van der Waals surface area contributed by atoms with Gasteiger partial charge < -0.3 is 14.7 Å². The SMILES string of the molecule is OC1(c2cccnc2)CCN(C[C@]2(c3ccccc3)CCOC2)CC1. The summed E-state index contributed by atoms with van der Waals surface area (Å²) in [4.78, 5) is 6.66. The Bertz CT molecular complexity index is 676. The van der Waals surface area contributed by atoms with Crippen LogP contribution in [-0.2, 0) is 15.8 Å². The summed E-state index contributed by atoms with van der Waals surface area (Å²) in [7, 11) is 0. The smallest absolute Gasteiger partial charge is 0.0935 e. The number of ether oxygens (including phenoxy) is 1. The Morgan fingerprint density at radius 3 is 2.40 bits per heavy atom. The standard InChI is InChI=1S/C21H26N2O2/c24-21(19-7-4-11-22-15-19)8-12-23(13-9-21)16-20(10-14-25-17-20)18-5-2-1-3-6-18/h1-7,11,15,24H,8-10,12-14,16-17H2/t20-/m1/s1. The van der Waals surface area contributed by atoms with Gasteiger partial charge in [-0.2, -0.15) is 0 Å². The van der Waals surface area contributed by atoms with Gasteiger partial charge in [0.2, 0.25) is 0 Å². The fourth-order valence-electron chi connectivity index (χ4n) is 4.28. The lowest BCUT2D eigenvalue weighted by Gasteiger charge is -2.42. The van der Waals surface area contributed by atoms with E-state index in [9.17, 15) is 5.11 Å². The molecule has 1 N–H and O–H groups in total. The molecule has 0 aliphatic carbocycles. The van der Waals surface area contributed by atoms with E-state index in [0.717, 1.165) is 57.7 Å². The van der Waals surface area contributed by atoms with Crippen LogP contribution in [0.4, 0.5) is 0 Å². The van der Waals surface area contributed by atoms with Crippen molar-refractivity contribution in [3.8, 4) is 0 Å². The van der Waals surface area contributed by atoms with Crippen molar-refractivity contribution in [3.63, 3.8) is 0 Å². The van der Waals surface area contributed by atoms with Crippen LogP contribution in [0.1, 0.15) is 30.4 Å². The molecule has 0 spiro atoms. The molecule has 132 valence electrons. The zero-order valence-corrected chi connectivity index (χ0v) is 14.6. The summed E-state index contributed by atoms with van der Waals surface area (Å²) in [6, 6.07) is 14.6. The highest BCUT2D eigenvalue weighted by Crippen LogP contribution is 2.37. The predicted molar refractivity (Wildman–Crippen MR) is 97.4 cm³/mol. The number of piperidine rings is 1. The van der Waals surface area contributed by atoms with E-state index in [0.29, 0.717) is 0 Å². The highest BCUT2D eigenvalue weighted by Gasteiger charge is 2.41. The number of aromatic nitrogens is 1. The number of nitrogens with zero attached hydrogens (tertiary/aromatic N) is 2. The van der Waals surface area contributed by atoms with Crippen molar-refractivity contribution >= 4 is 0 Å². The van der Waals surface area contributed by atoms with Gasteiger partial charge in [-0.1, -0.05) is 36.4 Å². The van der Waals surface area contributed by atoms with Crippen molar-refractivity contribution in [2.45, 2.75) is 30.3 Å². The van der Waals surface area contributed by atoms with E-state index in [4.69, 9.17) is 4.74 Å². The third kappa shape index (κ3) is 3.34. The molecular formula is C21H26N2O2. The molecule has 25 heavy (non-hydrogen) atoms. The monoisotopic (exact) mass is 338 g/mol. The summed E-state index contributed by atoms with van der Waals surface area (Å²) in [6.45, 7) is 4.43. The van der Waals surface area contributed by atoms with Gasteiger partial charge in [0.15, 0.2) is 0 Å². The third-order valence-corrected chi connectivity index (χ3v) is 5.90. The van der Waals surface area contributed by atoms with Crippen LogP contribution in [0.3, 0.4) is 0 Å². The summed E-state index contributed by atoms with van der Waals surface area (Å²) < 4.78 is 5.78. The molecule has 0 bridgehead atoms. The Balaban J connectivity index is 1.46. The van der Waals surface area contributed by atoms with Crippen LogP contribution in [0.5, 0.6) is 0 Å². The molecule has 4 rings (SSSR count). The molecule has 4 heteroatoms. The first-order valence-corrected chi connectivity index (χ1v) is 9.19. The van der Waals surface area contributed by atoms with Crippen LogP contribution in [0.25, 0.3) is 0 Å². The van der Waals surface area contributed by atoms with Crippen molar-refractivity contribution in [3.05, 3.63) is 66.0 Å². The minimum absolute atomic E-state index is 0.0883. The Labute approximate surface area is 149 Å². The lowest BCUT2D eigenvalue weighted by atomic mass is 9.78. The molecule has 2 saturated heterocycles. The average Bonchev–Trinajstić information content (AvgIpc) is 3.15. The maximum atomic E-state index is 11.0.